The predicted molar refractivity (Wildman–Crippen MR) is 91.5 cm³/mol. The lowest BCUT2D eigenvalue weighted by Crippen LogP contribution is -2.28. The van der Waals surface area contributed by atoms with E-state index >= 15 is 0 Å². The normalized spacial score (nSPS) is 14.3. The maximum Gasteiger partial charge on any atom is 0.251 e. The van der Waals surface area contributed by atoms with E-state index in [4.69, 9.17) is 0 Å². The molecule has 0 spiro atoms. The van der Waals surface area contributed by atoms with Crippen LogP contribution in [-0.4, -0.2) is 22.6 Å². The minimum atomic E-state index is -0.136. The van der Waals surface area contributed by atoms with E-state index in [0.717, 1.165) is 10.4 Å². The number of thiophene rings is 1. The van der Waals surface area contributed by atoms with Crippen LogP contribution in [-0.2, 0) is 22.7 Å². The molecule has 0 aliphatic carbocycles. The van der Waals surface area contributed by atoms with E-state index in [9.17, 15) is 14.4 Å². The molecule has 0 bridgehead atoms. The molecule has 1 N–H and O–H groups in total. The van der Waals surface area contributed by atoms with Gasteiger partial charge >= 0.3 is 0 Å². The number of hydrogen-bond acceptors (Lipinski definition) is 4. The summed E-state index contributed by atoms with van der Waals surface area (Å²) in [6.45, 7) is 2.81. The molecule has 24 heavy (non-hydrogen) atoms. The number of amides is 3. The summed E-state index contributed by atoms with van der Waals surface area (Å²) in [6, 6.07) is 9.03. The molecule has 0 radical (unpaired) electrons. The van der Waals surface area contributed by atoms with E-state index in [1.807, 2.05) is 18.4 Å². The zero-order valence-electron chi connectivity index (χ0n) is 13.4. The molecule has 0 saturated carbocycles. The van der Waals surface area contributed by atoms with Gasteiger partial charge in [0.25, 0.3) is 5.91 Å². The topological polar surface area (TPSA) is 66.5 Å². The Morgan fingerprint density at radius 2 is 1.79 bits per heavy atom. The van der Waals surface area contributed by atoms with Gasteiger partial charge in [-0.3, -0.25) is 19.3 Å². The Hall–Kier alpha value is -2.47. The third-order valence-corrected chi connectivity index (χ3v) is 5.11. The van der Waals surface area contributed by atoms with E-state index in [1.54, 1.807) is 35.6 Å². The summed E-state index contributed by atoms with van der Waals surface area (Å²) in [6.07, 6.45) is 0.586. The number of imide groups is 1. The van der Waals surface area contributed by atoms with Gasteiger partial charge in [-0.05, 0) is 41.6 Å². The highest BCUT2D eigenvalue weighted by molar-refractivity contribution is 7.10. The van der Waals surface area contributed by atoms with Crippen LogP contribution in [0, 0.1) is 6.92 Å². The van der Waals surface area contributed by atoms with Crippen LogP contribution in [0.1, 0.15) is 39.2 Å². The smallest absolute Gasteiger partial charge is 0.251 e. The Kier molecular flexibility index (Phi) is 4.76. The lowest BCUT2D eigenvalue weighted by Gasteiger charge is -2.14. The molecule has 3 amide bonds. The van der Waals surface area contributed by atoms with Crippen molar-refractivity contribution >= 4 is 29.1 Å². The molecule has 0 unspecified atom stereocenters. The highest BCUT2D eigenvalue weighted by Crippen LogP contribution is 2.17. The molecule has 6 heteroatoms. The van der Waals surface area contributed by atoms with Crippen molar-refractivity contribution in [2.75, 3.05) is 0 Å². The molecule has 3 rings (SSSR count). The largest absolute Gasteiger partial charge is 0.347 e. The van der Waals surface area contributed by atoms with Crippen molar-refractivity contribution in [1.82, 2.24) is 10.2 Å². The third-order valence-electron chi connectivity index (χ3n) is 4.09. The van der Waals surface area contributed by atoms with Gasteiger partial charge in [0.15, 0.2) is 0 Å². The quantitative estimate of drug-likeness (QED) is 0.850. The zero-order valence-corrected chi connectivity index (χ0v) is 14.2. The predicted octanol–water partition coefficient (Wildman–Crippen LogP) is 2.64. The minimum absolute atomic E-state index is 0.131. The van der Waals surface area contributed by atoms with Crippen molar-refractivity contribution in [3.63, 3.8) is 0 Å². The van der Waals surface area contributed by atoms with Crippen LogP contribution in [0.4, 0.5) is 0 Å². The van der Waals surface area contributed by atoms with Gasteiger partial charge in [-0.15, -0.1) is 11.3 Å². The van der Waals surface area contributed by atoms with Crippen molar-refractivity contribution in [3.8, 4) is 0 Å². The number of nitrogens with one attached hydrogen (secondary N) is 1. The van der Waals surface area contributed by atoms with Crippen LogP contribution in [0.3, 0.4) is 0 Å². The summed E-state index contributed by atoms with van der Waals surface area (Å²) in [5.41, 5.74) is 2.58. The Labute approximate surface area is 144 Å². The van der Waals surface area contributed by atoms with Crippen molar-refractivity contribution in [3.05, 3.63) is 57.3 Å². The number of carbonyl (C=O) groups excluding carboxylic acids is 3. The molecule has 2 aromatic rings. The zero-order chi connectivity index (χ0) is 17.1. The molecule has 5 nitrogen and oxygen atoms in total. The minimum Gasteiger partial charge on any atom is -0.347 e. The summed E-state index contributed by atoms with van der Waals surface area (Å²) in [7, 11) is 0. The highest BCUT2D eigenvalue weighted by atomic mass is 32.1. The lowest BCUT2D eigenvalue weighted by molar-refractivity contribution is -0.139. The Bertz CT molecular complexity index is 764. The first-order chi connectivity index (χ1) is 11.5. The summed E-state index contributed by atoms with van der Waals surface area (Å²) in [4.78, 5) is 37.9. The number of benzene rings is 1. The van der Waals surface area contributed by atoms with Gasteiger partial charge in [0.2, 0.25) is 11.8 Å². The second-order valence-corrected chi connectivity index (χ2v) is 6.78. The molecule has 124 valence electrons. The molecular formula is C18H18N2O3S. The van der Waals surface area contributed by atoms with Gasteiger partial charge in [0.05, 0.1) is 13.1 Å². The van der Waals surface area contributed by atoms with Crippen molar-refractivity contribution in [2.24, 2.45) is 0 Å². The van der Waals surface area contributed by atoms with Gasteiger partial charge in [-0.1, -0.05) is 12.1 Å². The van der Waals surface area contributed by atoms with Gasteiger partial charge in [-0.2, -0.15) is 0 Å². The van der Waals surface area contributed by atoms with Crippen LogP contribution >= 0.6 is 11.3 Å². The SMILES string of the molecule is Cc1ccsc1CNC(=O)c1ccc(CN2C(=O)CCC2=O)cc1. The lowest BCUT2D eigenvalue weighted by atomic mass is 10.1. The van der Waals surface area contributed by atoms with E-state index in [1.165, 1.54) is 10.5 Å². The standard InChI is InChI=1S/C18H18N2O3S/c1-12-8-9-24-15(12)10-19-18(23)14-4-2-13(3-5-14)11-20-16(21)6-7-17(20)22/h2-5,8-9H,6-7,10-11H2,1H3,(H,19,23). The average molecular weight is 342 g/mol. The molecule has 1 aliphatic rings. The second-order valence-electron chi connectivity index (χ2n) is 5.78. The molecule has 1 aliphatic heterocycles. The van der Waals surface area contributed by atoms with E-state index < -0.39 is 0 Å². The fourth-order valence-electron chi connectivity index (χ4n) is 2.59. The van der Waals surface area contributed by atoms with Gasteiger partial charge in [0.1, 0.15) is 0 Å². The first-order valence-electron chi connectivity index (χ1n) is 7.78. The molecule has 1 aromatic carbocycles. The Morgan fingerprint density at radius 1 is 1.12 bits per heavy atom. The maximum absolute atomic E-state index is 12.2. The van der Waals surface area contributed by atoms with Crippen LogP contribution in [0.2, 0.25) is 0 Å². The van der Waals surface area contributed by atoms with Gasteiger partial charge in [-0.25, -0.2) is 0 Å². The van der Waals surface area contributed by atoms with Crippen molar-refractivity contribution in [2.45, 2.75) is 32.9 Å². The van der Waals surface area contributed by atoms with Gasteiger partial charge < -0.3 is 5.32 Å². The number of rotatable bonds is 5. The fourth-order valence-corrected chi connectivity index (χ4v) is 3.44. The first-order valence-corrected chi connectivity index (χ1v) is 8.66. The third kappa shape index (κ3) is 3.54. The molecule has 1 saturated heterocycles. The maximum atomic E-state index is 12.2. The number of carbonyl (C=O) groups is 3. The highest BCUT2D eigenvalue weighted by Gasteiger charge is 2.28. The first kappa shape index (κ1) is 16.4. The Balaban J connectivity index is 1.59. The van der Waals surface area contributed by atoms with Crippen molar-refractivity contribution in [1.29, 1.82) is 0 Å². The van der Waals surface area contributed by atoms with Gasteiger partial charge in [0, 0.05) is 23.3 Å². The summed E-state index contributed by atoms with van der Waals surface area (Å²) in [5.74, 6) is -0.399. The summed E-state index contributed by atoms with van der Waals surface area (Å²) in [5, 5.41) is 4.91. The molecule has 0 atom stereocenters. The Morgan fingerprint density at radius 3 is 2.38 bits per heavy atom. The molecular weight excluding hydrogens is 324 g/mol. The average Bonchev–Trinajstić information content (AvgIpc) is 3.13. The van der Waals surface area contributed by atoms with Crippen LogP contribution in [0.15, 0.2) is 35.7 Å². The van der Waals surface area contributed by atoms with Crippen LogP contribution in [0.5, 0.6) is 0 Å². The summed E-state index contributed by atoms with van der Waals surface area (Å²) < 4.78 is 0. The van der Waals surface area contributed by atoms with Crippen LogP contribution in [0.25, 0.3) is 0 Å². The fraction of sp³-hybridized carbons (Fsp3) is 0.278. The number of hydrogen-bond donors (Lipinski definition) is 1. The molecule has 2 heterocycles. The van der Waals surface area contributed by atoms with Crippen LogP contribution < -0.4 is 5.32 Å². The van der Waals surface area contributed by atoms with E-state index in [-0.39, 0.29) is 24.3 Å². The van der Waals surface area contributed by atoms with E-state index in [0.29, 0.717) is 24.9 Å². The molecule has 1 aromatic heterocycles. The van der Waals surface area contributed by atoms with E-state index in [2.05, 4.69) is 5.32 Å². The number of nitrogens with zero attached hydrogens (tertiary/aromatic N) is 1. The molecule has 1 fully saturated rings. The van der Waals surface area contributed by atoms with Crippen molar-refractivity contribution < 1.29 is 14.4 Å². The summed E-state index contributed by atoms with van der Waals surface area (Å²) >= 11 is 1.62. The second kappa shape index (κ2) is 6.97. The number of aryl methyl sites for hydroxylation is 1. The number of likely N-dealkylation sites (tertiary alicyclic amines) is 1. The monoisotopic (exact) mass is 342 g/mol.